The van der Waals surface area contributed by atoms with Gasteiger partial charge in [0.15, 0.2) is 0 Å². The van der Waals surface area contributed by atoms with Crippen LogP contribution in [-0.4, -0.2) is 46.0 Å². The molecule has 0 spiro atoms. The number of aliphatic carboxylic acids is 2. The lowest BCUT2D eigenvalue weighted by Crippen LogP contribution is -2.39. The first-order valence-corrected chi connectivity index (χ1v) is 5.30. The average molecular weight is 269 g/mol. The van der Waals surface area contributed by atoms with E-state index in [4.69, 9.17) is 10.2 Å². The molecule has 7 heteroatoms. The van der Waals surface area contributed by atoms with Gasteiger partial charge in [0.1, 0.15) is 18.9 Å². The maximum Gasteiger partial charge on any atom is 0.323 e. The van der Waals surface area contributed by atoms with Crippen molar-refractivity contribution in [1.29, 1.82) is 0 Å². The van der Waals surface area contributed by atoms with Gasteiger partial charge in [0.2, 0.25) is 0 Å². The number of aryl methyl sites for hydroxylation is 1. The van der Waals surface area contributed by atoms with Crippen LogP contribution < -0.4 is 0 Å². The highest BCUT2D eigenvalue weighted by Gasteiger charge is 2.23. The first-order valence-electron chi connectivity index (χ1n) is 5.30. The molecule has 1 aromatic carbocycles. The van der Waals surface area contributed by atoms with Crippen LogP contribution in [0.5, 0.6) is 0 Å². The van der Waals surface area contributed by atoms with Crippen LogP contribution in [0.25, 0.3) is 0 Å². The molecular formula is C12H12FNO5. The minimum Gasteiger partial charge on any atom is -0.480 e. The Kier molecular flexibility index (Phi) is 4.57. The van der Waals surface area contributed by atoms with Crippen molar-refractivity contribution in [1.82, 2.24) is 4.90 Å². The van der Waals surface area contributed by atoms with Crippen molar-refractivity contribution in [2.75, 3.05) is 13.1 Å². The summed E-state index contributed by atoms with van der Waals surface area (Å²) >= 11 is 0. The van der Waals surface area contributed by atoms with Crippen LogP contribution in [0.15, 0.2) is 18.2 Å². The van der Waals surface area contributed by atoms with E-state index in [1.54, 1.807) is 6.92 Å². The highest BCUT2D eigenvalue weighted by molar-refractivity contribution is 5.97. The minimum atomic E-state index is -1.37. The molecule has 0 saturated heterocycles. The van der Waals surface area contributed by atoms with Gasteiger partial charge >= 0.3 is 11.9 Å². The SMILES string of the molecule is Cc1ccc(F)c(C(=O)N(CC(=O)O)CC(=O)O)c1. The number of carbonyl (C=O) groups excluding carboxylic acids is 1. The summed E-state index contributed by atoms with van der Waals surface area (Å²) in [6.07, 6.45) is 0. The Bertz CT molecular complexity index is 513. The standard InChI is InChI=1S/C12H12FNO5/c1-7-2-3-9(13)8(4-7)12(19)14(5-10(15)16)6-11(17)18/h2-4H,5-6H2,1H3,(H,15,16)(H,17,18). The second kappa shape index (κ2) is 5.94. The number of benzene rings is 1. The number of rotatable bonds is 5. The lowest BCUT2D eigenvalue weighted by atomic mass is 10.1. The highest BCUT2D eigenvalue weighted by atomic mass is 19.1. The third-order valence-electron chi connectivity index (χ3n) is 2.29. The van der Waals surface area contributed by atoms with Gasteiger partial charge in [-0.1, -0.05) is 11.6 Å². The molecular weight excluding hydrogens is 257 g/mol. The third kappa shape index (κ3) is 4.06. The maximum absolute atomic E-state index is 13.5. The van der Waals surface area contributed by atoms with E-state index in [0.717, 1.165) is 6.07 Å². The quantitative estimate of drug-likeness (QED) is 0.822. The molecule has 19 heavy (non-hydrogen) atoms. The number of carbonyl (C=O) groups is 3. The predicted octanol–water partition coefficient (Wildman–Crippen LogP) is 0.746. The fourth-order valence-electron chi connectivity index (χ4n) is 1.50. The Balaban J connectivity index is 3.07. The van der Waals surface area contributed by atoms with Gasteiger partial charge < -0.3 is 15.1 Å². The lowest BCUT2D eigenvalue weighted by molar-refractivity contribution is -0.140. The van der Waals surface area contributed by atoms with Crippen molar-refractivity contribution < 1.29 is 29.0 Å². The molecule has 1 aromatic rings. The number of carboxylic acids is 2. The first-order chi connectivity index (χ1) is 8.81. The lowest BCUT2D eigenvalue weighted by Gasteiger charge is -2.18. The Morgan fingerprint density at radius 2 is 1.68 bits per heavy atom. The zero-order valence-corrected chi connectivity index (χ0v) is 10.1. The minimum absolute atomic E-state index is 0.345. The molecule has 0 aromatic heterocycles. The monoisotopic (exact) mass is 269 g/mol. The van der Waals surface area contributed by atoms with Crippen molar-refractivity contribution in [2.24, 2.45) is 0 Å². The van der Waals surface area contributed by atoms with Crippen molar-refractivity contribution >= 4 is 17.8 Å². The van der Waals surface area contributed by atoms with E-state index in [1.165, 1.54) is 12.1 Å². The molecule has 1 rings (SSSR count). The molecule has 102 valence electrons. The van der Waals surface area contributed by atoms with Crippen molar-refractivity contribution in [2.45, 2.75) is 6.92 Å². The molecule has 0 saturated carbocycles. The summed E-state index contributed by atoms with van der Waals surface area (Å²) in [6, 6.07) is 3.77. The molecule has 2 N–H and O–H groups in total. The molecule has 0 radical (unpaired) electrons. The smallest absolute Gasteiger partial charge is 0.323 e. The number of hydrogen-bond acceptors (Lipinski definition) is 3. The zero-order chi connectivity index (χ0) is 14.6. The second-order valence-corrected chi connectivity index (χ2v) is 3.93. The van der Waals surface area contributed by atoms with E-state index in [2.05, 4.69) is 0 Å². The van der Waals surface area contributed by atoms with Gasteiger partial charge in [0.25, 0.3) is 5.91 Å². The van der Waals surface area contributed by atoms with Crippen LogP contribution in [0, 0.1) is 12.7 Å². The summed E-state index contributed by atoms with van der Waals surface area (Å²) in [5.74, 6) is -4.53. The maximum atomic E-state index is 13.5. The predicted molar refractivity (Wildman–Crippen MR) is 62.3 cm³/mol. The molecule has 6 nitrogen and oxygen atoms in total. The van der Waals surface area contributed by atoms with Gasteiger partial charge in [0.05, 0.1) is 5.56 Å². The summed E-state index contributed by atoms with van der Waals surface area (Å²) in [6.45, 7) is 0.0198. The van der Waals surface area contributed by atoms with Crippen molar-refractivity contribution in [3.63, 3.8) is 0 Å². The molecule has 0 heterocycles. The third-order valence-corrected chi connectivity index (χ3v) is 2.29. The van der Waals surface area contributed by atoms with Crippen LogP contribution in [0.4, 0.5) is 4.39 Å². The number of halogens is 1. The molecule has 0 aliphatic heterocycles. The molecule has 0 atom stereocenters. The van der Waals surface area contributed by atoms with Crippen molar-refractivity contribution in [3.8, 4) is 0 Å². The van der Waals surface area contributed by atoms with Crippen LogP contribution in [0.2, 0.25) is 0 Å². The van der Waals surface area contributed by atoms with Crippen molar-refractivity contribution in [3.05, 3.63) is 35.1 Å². The van der Waals surface area contributed by atoms with Gasteiger partial charge in [-0.3, -0.25) is 14.4 Å². The van der Waals surface area contributed by atoms with E-state index in [9.17, 15) is 18.8 Å². The molecule has 0 unspecified atom stereocenters. The fraction of sp³-hybridized carbons (Fsp3) is 0.250. The van der Waals surface area contributed by atoms with E-state index in [0.29, 0.717) is 10.5 Å². The Hall–Kier alpha value is -2.44. The van der Waals surface area contributed by atoms with Gasteiger partial charge in [-0.15, -0.1) is 0 Å². The highest BCUT2D eigenvalue weighted by Crippen LogP contribution is 2.12. The number of hydrogen-bond donors (Lipinski definition) is 2. The van der Waals surface area contributed by atoms with E-state index >= 15 is 0 Å². The molecule has 0 fully saturated rings. The molecule has 0 aliphatic rings. The number of amides is 1. The van der Waals surface area contributed by atoms with Gasteiger partial charge in [-0.25, -0.2) is 4.39 Å². The average Bonchev–Trinajstić information content (AvgIpc) is 2.29. The van der Waals surface area contributed by atoms with E-state index in [1.807, 2.05) is 0 Å². The molecule has 0 bridgehead atoms. The number of nitrogens with zero attached hydrogens (tertiary/aromatic N) is 1. The second-order valence-electron chi connectivity index (χ2n) is 3.93. The van der Waals surface area contributed by atoms with Gasteiger partial charge in [-0.2, -0.15) is 0 Å². The topological polar surface area (TPSA) is 94.9 Å². The largest absolute Gasteiger partial charge is 0.480 e. The summed E-state index contributed by atoms with van der Waals surface area (Å²) in [4.78, 5) is 33.7. The zero-order valence-electron chi connectivity index (χ0n) is 10.1. The summed E-state index contributed by atoms with van der Waals surface area (Å²) in [5.41, 5.74) is 0.262. The van der Waals surface area contributed by atoms with E-state index < -0.39 is 36.8 Å². The summed E-state index contributed by atoms with van der Waals surface area (Å²) < 4.78 is 13.5. The van der Waals surface area contributed by atoms with Crippen LogP contribution in [0.1, 0.15) is 15.9 Å². The number of carboxylic acid groups (broad SMARTS) is 2. The molecule has 1 amide bonds. The van der Waals surface area contributed by atoms with Crippen LogP contribution >= 0.6 is 0 Å². The Morgan fingerprint density at radius 3 is 2.16 bits per heavy atom. The summed E-state index contributed by atoms with van der Waals surface area (Å²) in [7, 11) is 0. The first kappa shape index (κ1) is 14.6. The van der Waals surface area contributed by atoms with E-state index in [-0.39, 0.29) is 5.56 Å². The summed E-state index contributed by atoms with van der Waals surface area (Å²) in [5, 5.41) is 17.3. The molecule has 0 aliphatic carbocycles. The Labute approximate surface area is 108 Å². The van der Waals surface area contributed by atoms with Crippen LogP contribution in [0.3, 0.4) is 0 Å². The van der Waals surface area contributed by atoms with Gasteiger partial charge in [-0.05, 0) is 19.1 Å². The fourth-order valence-corrected chi connectivity index (χ4v) is 1.50. The van der Waals surface area contributed by atoms with Gasteiger partial charge in [0, 0.05) is 0 Å². The Morgan fingerprint density at radius 1 is 1.16 bits per heavy atom. The normalized spacial score (nSPS) is 10.0. The van der Waals surface area contributed by atoms with Crippen LogP contribution in [-0.2, 0) is 9.59 Å².